The minimum Gasteiger partial charge on any atom is -0.473 e. The zero-order valence-corrected chi connectivity index (χ0v) is 16.3. The highest BCUT2D eigenvalue weighted by Crippen LogP contribution is 2.31. The van der Waals surface area contributed by atoms with Crippen molar-refractivity contribution < 1.29 is 9.53 Å². The van der Waals surface area contributed by atoms with Gasteiger partial charge in [-0.1, -0.05) is 5.92 Å². The van der Waals surface area contributed by atoms with E-state index in [9.17, 15) is 4.79 Å². The molecule has 6 aliphatic rings. The van der Waals surface area contributed by atoms with Crippen LogP contribution < -0.4 is 5.32 Å². The molecule has 2 bridgehead atoms. The summed E-state index contributed by atoms with van der Waals surface area (Å²) in [6.07, 6.45) is 13.8. The average Bonchev–Trinajstić information content (AvgIpc) is 3.37. The van der Waals surface area contributed by atoms with Crippen LogP contribution in [0.1, 0.15) is 32.1 Å². The van der Waals surface area contributed by atoms with Crippen molar-refractivity contribution in [1.82, 2.24) is 20.0 Å². The quantitative estimate of drug-likeness (QED) is 0.747. The number of amides is 2. The SMILES string of the molecule is O=C(NC1CC2CCN1CC2)N1C=CC2OC(C#CCN3CCCC3)=CC2=C1. The van der Waals surface area contributed by atoms with Gasteiger partial charge in [-0.2, -0.15) is 0 Å². The molecule has 6 aliphatic heterocycles. The van der Waals surface area contributed by atoms with Gasteiger partial charge in [0.15, 0.2) is 5.76 Å². The molecular weight excluding hydrogens is 352 g/mol. The van der Waals surface area contributed by atoms with Crippen LogP contribution in [0.5, 0.6) is 0 Å². The third-order valence-corrected chi connectivity index (χ3v) is 6.47. The van der Waals surface area contributed by atoms with Gasteiger partial charge in [-0.05, 0) is 69.2 Å². The lowest BCUT2D eigenvalue weighted by Crippen LogP contribution is -2.57. The first-order chi connectivity index (χ1) is 13.7. The molecule has 0 saturated carbocycles. The van der Waals surface area contributed by atoms with Gasteiger partial charge in [-0.15, -0.1) is 0 Å². The fraction of sp³-hybridized carbons (Fsp3) is 0.591. The van der Waals surface area contributed by atoms with Gasteiger partial charge < -0.3 is 10.1 Å². The van der Waals surface area contributed by atoms with Crippen molar-refractivity contribution in [2.24, 2.45) is 5.92 Å². The molecule has 0 aromatic rings. The Labute approximate surface area is 166 Å². The van der Waals surface area contributed by atoms with Crippen molar-refractivity contribution in [2.45, 2.75) is 44.4 Å². The lowest BCUT2D eigenvalue weighted by molar-refractivity contribution is 0.0357. The van der Waals surface area contributed by atoms with E-state index in [0.29, 0.717) is 5.76 Å². The molecule has 148 valence electrons. The van der Waals surface area contributed by atoms with E-state index in [1.54, 1.807) is 11.1 Å². The number of carbonyl (C=O) groups excluding carboxylic acids is 1. The number of likely N-dealkylation sites (tertiary alicyclic amines) is 1. The smallest absolute Gasteiger partial charge is 0.326 e. The molecule has 0 radical (unpaired) electrons. The van der Waals surface area contributed by atoms with Crippen molar-refractivity contribution in [3.8, 4) is 11.8 Å². The zero-order chi connectivity index (χ0) is 18.9. The highest BCUT2D eigenvalue weighted by molar-refractivity contribution is 5.77. The minimum absolute atomic E-state index is 0.0679. The van der Waals surface area contributed by atoms with Crippen LogP contribution in [0.3, 0.4) is 0 Å². The minimum atomic E-state index is -0.130. The summed E-state index contributed by atoms with van der Waals surface area (Å²) in [4.78, 5) is 19.1. The van der Waals surface area contributed by atoms with Crippen LogP contribution >= 0.6 is 0 Å². The van der Waals surface area contributed by atoms with Crippen LogP contribution in [-0.2, 0) is 4.74 Å². The Kier molecular flexibility index (Phi) is 4.87. The summed E-state index contributed by atoms with van der Waals surface area (Å²) in [6.45, 7) is 5.30. The van der Waals surface area contributed by atoms with E-state index in [0.717, 1.165) is 50.6 Å². The second-order valence-electron chi connectivity index (χ2n) is 8.39. The van der Waals surface area contributed by atoms with Crippen LogP contribution in [0, 0.1) is 17.8 Å². The number of nitrogens with one attached hydrogen (secondary N) is 1. The van der Waals surface area contributed by atoms with E-state index in [2.05, 4.69) is 27.0 Å². The van der Waals surface area contributed by atoms with Crippen molar-refractivity contribution in [2.75, 3.05) is 32.7 Å². The Bertz CT molecular complexity index is 776. The Balaban J connectivity index is 1.19. The van der Waals surface area contributed by atoms with Crippen molar-refractivity contribution in [3.63, 3.8) is 0 Å². The first-order valence-corrected chi connectivity index (χ1v) is 10.6. The van der Waals surface area contributed by atoms with Crippen LogP contribution in [0.4, 0.5) is 4.79 Å². The number of fused-ring (bicyclic) bond motifs is 4. The van der Waals surface area contributed by atoms with E-state index in [4.69, 9.17) is 4.74 Å². The first kappa shape index (κ1) is 17.8. The molecule has 0 aromatic carbocycles. The molecule has 1 N–H and O–H groups in total. The molecular formula is C22H28N4O2. The zero-order valence-electron chi connectivity index (χ0n) is 16.3. The lowest BCUT2D eigenvalue weighted by Gasteiger charge is -2.45. The molecule has 4 saturated heterocycles. The number of urea groups is 1. The fourth-order valence-corrected chi connectivity index (χ4v) is 4.81. The number of hydrogen-bond acceptors (Lipinski definition) is 4. The average molecular weight is 380 g/mol. The van der Waals surface area contributed by atoms with Gasteiger partial charge in [0, 0.05) is 31.1 Å². The lowest BCUT2D eigenvalue weighted by atomic mass is 9.86. The third-order valence-electron chi connectivity index (χ3n) is 6.47. The summed E-state index contributed by atoms with van der Waals surface area (Å²) < 4.78 is 5.90. The standard InChI is InChI=1S/C22H28N4O2/c27-22(23-21-14-17-5-11-25(21)12-6-17)26-13-7-20-18(16-26)15-19(28-20)4-3-10-24-8-1-2-9-24/h7,13,15-17,20-21H,1-2,5-6,8-12,14H2,(H,23,27). The molecule has 6 rings (SSSR count). The fourth-order valence-electron chi connectivity index (χ4n) is 4.81. The Morgan fingerprint density at radius 1 is 1.21 bits per heavy atom. The monoisotopic (exact) mass is 380 g/mol. The van der Waals surface area contributed by atoms with E-state index >= 15 is 0 Å². The first-order valence-electron chi connectivity index (χ1n) is 10.6. The molecule has 2 amide bonds. The van der Waals surface area contributed by atoms with Crippen molar-refractivity contribution in [3.05, 3.63) is 35.9 Å². The van der Waals surface area contributed by atoms with Gasteiger partial charge in [0.1, 0.15) is 6.10 Å². The van der Waals surface area contributed by atoms with Crippen molar-refractivity contribution in [1.29, 1.82) is 0 Å². The van der Waals surface area contributed by atoms with Gasteiger partial charge in [0.25, 0.3) is 0 Å². The molecule has 0 aliphatic carbocycles. The largest absolute Gasteiger partial charge is 0.473 e. The number of allylic oxidation sites excluding steroid dienone is 1. The van der Waals surface area contributed by atoms with Crippen LogP contribution in [0.15, 0.2) is 35.9 Å². The summed E-state index contributed by atoms with van der Waals surface area (Å²) in [5.74, 6) is 7.81. The van der Waals surface area contributed by atoms with E-state index in [1.165, 1.54) is 25.7 Å². The Hall–Kier alpha value is -2.23. The van der Waals surface area contributed by atoms with E-state index < -0.39 is 0 Å². The normalized spacial score (nSPS) is 33.5. The van der Waals surface area contributed by atoms with Gasteiger partial charge in [-0.25, -0.2) is 4.79 Å². The topological polar surface area (TPSA) is 48.1 Å². The van der Waals surface area contributed by atoms with E-state index in [-0.39, 0.29) is 18.3 Å². The highest BCUT2D eigenvalue weighted by atomic mass is 16.5. The van der Waals surface area contributed by atoms with Gasteiger partial charge in [0.2, 0.25) is 0 Å². The Morgan fingerprint density at radius 3 is 2.79 bits per heavy atom. The maximum absolute atomic E-state index is 12.7. The van der Waals surface area contributed by atoms with Crippen LogP contribution in [-0.4, -0.2) is 65.7 Å². The second-order valence-corrected chi connectivity index (χ2v) is 8.39. The van der Waals surface area contributed by atoms with Gasteiger partial charge in [-0.3, -0.25) is 14.7 Å². The van der Waals surface area contributed by atoms with E-state index in [1.807, 2.05) is 18.4 Å². The summed E-state index contributed by atoms with van der Waals surface area (Å²) in [6, 6.07) is -0.0679. The van der Waals surface area contributed by atoms with Crippen molar-refractivity contribution >= 4 is 6.03 Å². The summed E-state index contributed by atoms with van der Waals surface area (Å²) in [5.41, 5.74) is 0.980. The van der Waals surface area contributed by atoms with Gasteiger partial charge >= 0.3 is 6.03 Å². The predicted octanol–water partition coefficient (Wildman–Crippen LogP) is 2.23. The Morgan fingerprint density at radius 2 is 2.04 bits per heavy atom. The molecule has 6 heterocycles. The molecule has 6 heteroatoms. The maximum Gasteiger partial charge on any atom is 0.326 e. The number of hydrogen-bond donors (Lipinski definition) is 1. The summed E-state index contributed by atoms with van der Waals surface area (Å²) in [7, 11) is 0. The maximum atomic E-state index is 12.7. The third kappa shape index (κ3) is 3.69. The number of ether oxygens (including phenoxy) is 1. The molecule has 6 nitrogen and oxygen atoms in total. The van der Waals surface area contributed by atoms with Gasteiger partial charge in [0.05, 0.1) is 12.7 Å². The molecule has 0 aromatic heterocycles. The predicted molar refractivity (Wildman–Crippen MR) is 107 cm³/mol. The molecule has 2 atom stereocenters. The highest BCUT2D eigenvalue weighted by Gasteiger charge is 2.35. The van der Waals surface area contributed by atoms with Crippen LogP contribution in [0.25, 0.3) is 0 Å². The summed E-state index contributed by atoms with van der Waals surface area (Å²) in [5, 5.41) is 3.20. The van der Waals surface area contributed by atoms with Crippen LogP contribution in [0.2, 0.25) is 0 Å². The molecule has 4 fully saturated rings. The molecule has 0 spiro atoms. The number of carbonyl (C=O) groups is 1. The molecule has 2 unspecified atom stereocenters. The number of piperidine rings is 3. The second kappa shape index (κ2) is 7.65. The number of nitrogens with zero attached hydrogens (tertiary/aromatic N) is 3. The number of rotatable bonds is 2. The molecule has 28 heavy (non-hydrogen) atoms. The summed E-state index contributed by atoms with van der Waals surface area (Å²) >= 11 is 0.